The third-order valence-electron chi connectivity index (χ3n) is 4.85. The van der Waals surface area contributed by atoms with Crippen LogP contribution < -0.4 is 10.9 Å². The maximum absolute atomic E-state index is 12.4. The fourth-order valence-electron chi connectivity index (χ4n) is 3.55. The van der Waals surface area contributed by atoms with Crippen LogP contribution in [-0.4, -0.2) is 27.4 Å². The van der Waals surface area contributed by atoms with Gasteiger partial charge in [-0.3, -0.25) is 4.79 Å². The Morgan fingerprint density at radius 3 is 2.92 bits per heavy atom. The van der Waals surface area contributed by atoms with E-state index in [2.05, 4.69) is 20.8 Å². The second-order valence-electron chi connectivity index (χ2n) is 6.65. The zero-order valence-electron chi connectivity index (χ0n) is 13.8. The van der Waals surface area contributed by atoms with Gasteiger partial charge in [0.05, 0.1) is 30.6 Å². The fraction of sp³-hybridized carbons (Fsp3) is 0.588. The van der Waals surface area contributed by atoms with Crippen LogP contribution in [0.1, 0.15) is 48.7 Å². The molecule has 128 valence electrons. The van der Waals surface area contributed by atoms with Crippen LogP contribution in [0.25, 0.3) is 0 Å². The van der Waals surface area contributed by atoms with Crippen molar-refractivity contribution < 1.29 is 4.74 Å². The first kappa shape index (κ1) is 15.8. The van der Waals surface area contributed by atoms with Crippen LogP contribution in [0.4, 0.5) is 5.13 Å². The molecule has 2 aromatic heterocycles. The smallest absolute Gasteiger partial charge is 0.267 e. The van der Waals surface area contributed by atoms with E-state index in [1.165, 1.54) is 0 Å². The molecule has 6 nitrogen and oxygen atoms in total. The van der Waals surface area contributed by atoms with Gasteiger partial charge in [-0.2, -0.15) is 5.10 Å². The molecule has 0 saturated heterocycles. The summed E-state index contributed by atoms with van der Waals surface area (Å²) in [6.07, 6.45) is 4.83. The van der Waals surface area contributed by atoms with Crippen molar-refractivity contribution >= 4 is 16.5 Å². The molecule has 3 heterocycles. The van der Waals surface area contributed by atoms with Gasteiger partial charge in [-0.1, -0.05) is 0 Å². The predicted molar refractivity (Wildman–Crippen MR) is 93.6 cm³/mol. The molecule has 0 radical (unpaired) electrons. The summed E-state index contributed by atoms with van der Waals surface area (Å²) < 4.78 is 7.12. The molecule has 0 spiro atoms. The lowest BCUT2D eigenvalue weighted by atomic mass is 9.91. The molecule has 1 N–H and O–H groups in total. The Hall–Kier alpha value is -1.73. The van der Waals surface area contributed by atoms with E-state index in [9.17, 15) is 4.79 Å². The second-order valence-corrected chi connectivity index (χ2v) is 7.50. The molecule has 1 fully saturated rings. The average molecular weight is 346 g/mol. The van der Waals surface area contributed by atoms with E-state index in [0.29, 0.717) is 19.3 Å². The molecule has 7 heteroatoms. The summed E-state index contributed by atoms with van der Waals surface area (Å²) in [6, 6.07) is 2.36. The molecule has 0 amide bonds. The number of fused-ring (bicyclic) bond motifs is 1. The van der Waals surface area contributed by atoms with E-state index in [1.807, 2.05) is 6.92 Å². The number of hydrogen-bond donors (Lipinski definition) is 1. The van der Waals surface area contributed by atoms with Crippen molar-refractivity contribution in [2.75, 3.05) is 11.9 Å². The van der Waals surface area contributed by atoms with E-state index < -0.39 is 0 Å². The highest BCUT2D eigenvalue weighted by molar-refractivity contribution is 7.13. The van der Waals surface area contributed by atoms with Gasteiger partial charge in [0.2, 0.25) is 0 Å². The summed E-state index contributed by atoms with van der Waals surface area (Å²) in [5, 5.41) is 11.2. The number of aryl methyl sites for hydroxylation is 1. The third kappa shape index (κ3) is 3.23. The summed E-state index contributed by atoms with van der Waals surface area (Å²) in [5.41, 5.74) is 3.05. The Labute approximate surface area is 144 Å². The maximum Gasteiger partial charge on any atom is 0.267 e. The van der Waals surface area contributed by atoms with Crippen LogP contribution in [0.2, 0.25) is 0 Å². The summed E-state index contributed by atoms with van der Waals surface area (Å²) in [4.78, 5) is 16.9. The number of anilines is 1. The van der Waals surface area contributed by atoms with Gasteiger partial charge in [0, 0.05) is 29.5 Å². The fourth-order valence-corrected chi connectivity index (χ4v) is 4.32. The van der Waals surface area contributed by atoms with Gasteiger partial charge in [0.1, 0.15) is 0 Å². The van der Waals surface area contributed by atoms with E-state index in [0.717, 1.165) is 54.2 Å². The van der Waals surface area contributed by atoms with Gasteiger partial charge in [-0.05, 0) is 32.6 Å². The summed E-state index contributed by atoms with van der Waals surface area (Å²) in [6.45, 7) is 3.22. The number of nitrogens with one attached hydrogen (secondary N) is 1. The molecule has 24 heavy (non-hydrogen) atoms. The van der Waals surface area contributed by atoms with Crippen molar-refractivity contribution in [1.29, 1.82) is 0 Å². The first-order valence-electron chi connectivity index (χ1n) is 8.57. The van der Waals surface area contributed by atoms with E-state index in [1.54, 1.807) is 22.1 Å². The average Bonchev–Trinajstić information content (AvgIpc) is 3.00. The minimum atomic E-state index is 0.00575. The third-order valence-corrected chi connectivity index (χ3v) is 5.74. The number of aromatic nitrogens is 3. The van der Waals surface area contributed by atoms with Gasteiger partial charge >= 0.3 is 0 Å². The minimum absolute atomic E-state index is 0.00575. The van der Waals surface area contributed by atoms with E-state index >= 15 is 0 Å². The molecule has 1 aliphatic carbocycles. The SMILES string of the molecule is Cc1csc(NC2CCC(n3nc4c(cc3=O)COCC4)CC2)n1. The molecule has 0 bridgehead atoms. The lowest BCUT2D eigenvalue weighted by Gasteiger charge is -2.30. The second kappa shape index (κ2) is 6.64. The normalized spacial score (nSPS) is 23.7. The first-order valence-corrected chi connectivity index (χ1v) is 9.45. The predicted octanol–water partition coefficient (Wildman–Crippen LogP) is 2.68. The number of rotatable bonds is 3. The molecule has 0 atom stereocenters. The largest absolute Gasteiger partial charge is 0.376 e. The molecule has 4 rings (SSSR count). The van der Waals surface area contributed by atoms with Crippen molar-refractivity contribution in [3.05, 3.63) is 38.8 Å². The maximum atomic E-state index is 12.4. The Bertz CT molecular complexity index is 777. The highest BCUT2D eigenvalue weighted by atomic mass is 32.1. The summed E-state index contributed by atoms with van der Waals surface area (Å²) in [5.74, 6) is 0. The number of thiazole rings is 1. The standard InChI is InChI=1S/C17H22N4O2S/c1-11-10-24-17(18-11)19-13-2-4-14(5-3-13)21-16(22)8-12-9-23-7-6-15(12)20-21/h8,10,13-14H,2-7,9H2,1H3,(H,18,19). The van der Waals surface area contributed by atoms with Crippen molar-refractivity contribution in [3.8, 4) is 0 Å². The van der Waals surface area contributed by atoms with Gasteiger partial charge in [0.25, 0.3) is 5.56 Å². The molecule has 2 aromatic rings. The van der Waals surface area contributed by atoms with Crippen molar-refractivity contribution in [2.45, 2.75) is 57.7 Å². The molecule has 0 aromatic carbocycles. The number of nitrogens with zero attached hydrogens (tertiary/aromatic N) is 3. The zero-order valence-corrected chi connectivity index (χ0v) is 14.6. The van der Waals surface area contributed by atoms with Crippen LogP contribution in [0.3, 0.4) is 0 Å². The number of ether oxygens (including phenoxy) is 1. The molecular weight excluding hydrogens is 324 g/mol. The Morgan fingerprint density at radius 1 is 1.33 bits per heavy atom. The minimum Gasteiger partial charge on any atom is -0.376 e. The van der Waals surface area contributed by atoms with E-state index in [4.69, 9.17) is 4.74 Å². The zero-order chi connectivity index (χ0) is 16.5. The van der Waals surface area contributed by atoms with Crippen LogP contribution in [0.5, 0.6) is 0 Å². The van der Waals surface area contributed by atoms with Crippen LogP contribution in [-0.2, 0) is 17.8 Å². The summed E-state index contributed by atoms with van der Waals surface area (Å²) >= 11 is 1.66. The summed E-state index contributed by atoms with van der Waals surface area (Å²) in [7, 11) is 0. The monoisotopic (exact) mass is 346 g/mol. The highest BCUT2D eigenvalue weighted by Crippen LogP contribution is 2.30. The molecule has 1 saturated carbocycles. The van der Waals surface area contributed by atoms with Crippen LogP contribution in [0.15, 0.2) is 16.2 Å². The highest BCUT2D eigenvalue weighted by Gasteiger charge is 2.25. The topological polar surface area (TPSA) is 69.0 Å². The van der Waals surface area contributed by atoms with Crippen molar-refractivity contribution in [1.82, 2.24) is 14.8 Å². The molecule has 2 aliphatic rings. The van der Waals surface area contributed by atoms with E-state index in [-0.39, 0.29) is 11.6 Å². The molecule has 1 aliphatic heterocycles. The quantitative estimate of drug-likeness (QED) is 0.925. The Morgan fingerprint density at radius 2 is 2.17 bits per heavy atom. The number of hydrogen-bond acceptors (Lipinski definition) is 6. The van der Waals surface area contributed by atoms with Gasteiger partial charge in [-0.25, -0.2) is 9.67 Å². The Kier molecular flexibility index (Phi) is 4.37. The van der Waals surface area contributed by atoms with Gasteiger partial charge < -0.3 is 10.1 Å². The van der Waals surface area contributed by atoms with Gasteiger partial charge in [-0.15, -0.1) is 11.3 Å². The molecule has 0 unspecified atom stereocenters. The lowest BCUT2D eigenvalue weighted by molar-refractivity contribution is 0.107. The Balaban J connectivity index is 1.43. The first-order chi connectivity index (χ1) is 11.7. The van der Waals surface area contributed by atoms with Crippen LogP contribution in [0, 0.1) is 6.92 Å². The van der Waals surface area contributed by atoms with Crippen LogP contribution >= 0.6 is 11.3 Å². The molecular formula is C17H22N4O2S. The lowest BCUT2D eigenvalue weighted by Crippen LogP contribution is -2.35. The van der Waals surface area contributed by atoms with Crippen molar-refractivity contribution in [2.24, 2.45) is 0 Å². The van der Waals surface area contributed by atoms with Crippen molar-refractivity contribution in [3.63, 3.8) is 0 Å². The van der Waals surface area contributed by atoms with Gasteiger partial charge in [0.15, 0.2) is 5.13 Å².